The van der Waals surface area contributed by atoms with Gasteiger partial charge in [-0.05, 0) is 78.4 Å². The Morgan fingerprint density at radius 2 is 1.76 bits per heavy atom. The number of amides is 1. The Morgan fingerprint density at radius 1 is 0.978 bits per heavy atom. The number of nitrogens with zero attached hydrogens (tertiary/aromatic N) is 4. The molecule has 2 aliphatic heterocycles. The monoisotopic (exact) mass is 650 g/mol. The number of halogens is 3. The third-order valence-corrected chi connectivity index (χ3v) is 10.0. The maximum absolute atomic E-state index is 13.3. The highest BCUT2D eigenvalue weighted by Crippen LogP contribution is 2.42. The normalized spacial score (nSPS) is 20.2. The fourth-order valence-corrected chi connectivity index (χ4v) is 7.26. The zero-order valence-corrected chi connectivity index (χ0v) is 25.8. The van der Waals surface area contributed by atoms with Crippen molar-refractivity contribution >= 4 is 38.7 Å². The summed E-state index contributed by atoms with van der Waals surface area (Å²) in [6, 6.07) is 13.4. The summed E-state index contributed by atoms with van der Waals surface area (Å²) in [5.41, 5.74) is 4.36. The van der Waals surface area contributed by atoms with Crippen molar-refractivity contribution in [2.75, 3.05) is 38.0 Å². The van der Waals surface area contributed by atoms with Crippen LogP contribution in [0.4, 0.5) is 18.3 Å². The van der Waals surface area contributed by atoms with E-state index in [-0.39, 0.29) is 23.9 Å². The van der Waals surface area contributed by atoms with Gasteiger partial charge in [0.25, 0.3) is 0 Å². The largest absolute Gasteiger partial charge is 0.478 e. The lowest BCUT2D eigenvalue weighted by Gasteiger charge is -2.35. The van der Waals surface area contributed by atoms with Crippen LogP contribution in [0, 0.1) is 11.8 Å². The second-order valence-electron chi connectivity index (χ2n) is 12.3. The quantitative estimate of drug-likeness (QED) is 0.219. The van der Waals surface area contributed by atoms with Crippen LogP contribution in [-0.4, -0.2) is 69.5 Å². The third-order valence-electron chi connectivity index (χ3n) is 9.13. The van der Waals surface area contributed by atoms with E-state index < -0.39 is 17.7 Å². The highest BCUT2D eigenvalue weighted by molar-refractivity contribution is 7.22. The molecule has 1 amide bonds. The number of piperazine rings is 1. The van der Waals surface area contributed by atoms with Gasteiger partial charge < -0.3 is 20.6 Å². The number of hydrogen-bond acceptors (Lipinski definition) is 8. The number of thiazole rings is 1. The number of hydrogen-bond donors (Lipinski definition) is 3. The summed E-state index contributed by atoms with van der Waals surface area (Å²) in [4.78, 5) is 38.9. The van der Waals surface area contributed by atoms with E-state index in [1.807, 2.05) is 17.0 Å². The summed E-state index contributed by atoms with van der Waals surface area (Å²) in [5, 5.41) is 16.2. The molecule has 2 aromatic carbocycles. The Kier molecular flexibility index (Phi) is 8.26. The van der Waals surface area contributed by atoms with Gasteiger partial charge in [0.1, 0.15) is 10.3 Å². The second-order valence-corrected chi connectivity index (χ2v) is 13.3. The molecule has 2 fully saturated rings. The topological polar surface area (TPSA) is 111 Å². The molecule has 2 unspecified atom stereocenters. The highest BCUT2D eigenvalue weighted by atomic mass is 32.1. The fourth-order valence-electron chi connectivity index (χ4n) is 6.42. The summed E-state index contributed by atoms with van der Waals surface area (Å²) in [5.74, 6) is -1.12. The number of benzene rings is 2. The van der Waals surface area contributed by atoms with Crippen molar-refractivity contribution < 1.29 is 27.9 Å². The van der Waals surface area contributed by atoms with Gasteiger partial charge in [0.15, 0.2) is 5.13 Å². The van der Waals surface area contributed by atoms with Crippen molar-refractivity contribution in [1.82, 2.24) is 25.1 Å². The minimum absolute atomic E-state index is 0.0120. The van der Waals surface area contributed by atoms with Crippen molar-refractivity contribution in [2.45, 2.75) is 38.7 Å². The number of carboxylic acid groups (broad SMARTS) is 1. The lowest BCUT2D eigenvalue weighted by molar-refractivity contribution is -0.137. The summed E-state index contributed by atoms with van der Waals surface area (Å²) in [6.45, 7) is 5.74. The number of nitrogens with one attached hydrogen (secondary N) is 2. The van der Waals surface area contributed by atoms with Crippen LogP contribution in [0.25, 0.3) is 21.6 Å². The van der Waals surface area contributed by atoms with Crippen LogP contribution < -0.4 is 10.6 Å². The molecule has 13 heteroatoms. The maximum atomic E-state index is 13.3. The molecule has 4 heterocycles. The van der Waals surface area contributed by atoms with Gasteiger partial charge in [-0.2, -0.15) is 13.2 Å². The van der Waals surface area contributed by atoms with Crippen LogP contribution in [0.5, 0.6) is 0 Å². The molecule has 1 saturated carbocycles. The number of pyridine rings is 1. The molecule has 0 radical (unpaired) electrons. The van der Waals surface area contributed by atoms with Gasteiger partial charge >= 0.3 is 12.1 Å². The van der Waals surface area contributed by atoms with Crippen LogP contribution in [0.1, 0.15) is 45.5 Å². The van der Waals surface area contributed by atoms with Crippen molar-refractivity contribution in [3.8, 4) is 11.3 Å². The van der Waals surface area contributed by atoms with Crippen LogP contribution in [0.3, 0.4) is 0 Å². The van der Waals surface area contributed by atoms with E-state index in [4.69, 9.17) is 4.98 Å². The zero-order chi connectivity index (χ0) is 32.0. The summed E-state index contributed by atoms with van der Waals surface area (Å²) < 4.78 is 39.8. The van der Waals surface area contributed by atoms with Gasteiger partial charge in [0.2, 0.25) is 5.91 Å². The number of rotatable bonds is 9. The number of anilines is 1. The number of carboxylic acids is 1. The van der Waals surface area contributed by atoms with Gasteiger partial charge in [-0.1, -0.05) is 23.5 Å². The van der Waals surface area contributed by atoms with Crippen molar-refractivity contribution in [3.63, 3.8) is 0 Å². The minimum Gasteiger partial charge on any atom is -0.478 e. The first-order chi connectivity index (χ1) is 22.1. The number of alkyl halides is 3. The Balaban J connectivity index is 0.874. The van der Waals surface area contributed by atoms with Crippen LogP contribution in [0.15, 0.2) is 48.5 Å². The number of aromatic carboxylic acids is 1. The maximum Gasteiger partial charge on any atom is 0.416 e. The summed E-state index contributed by atoms with van der Waals surface area (Å²) in [7, 11) is 0. The van der Waals surface area contributed by atoms with Crippen LogP contribution in [0.2, 0.25) is 0 Å². The molecule has 7 rings (SSSR count). The van der Waals surface area contributed by atoms with E-state index in [9.17, 15) is 27.9 Å². The molecule has 240 valence electrons. The van der Waals surface area contributed by atoms with Gasteiger partial charge in [0.05, 0.1) is 16.8 Å². The SMILES string of the molecule is O=C(O)c1cc(CN2CCN(CCC3CC3C(=O)Nc3nc4ccc(-c5ccc6c(c5)CNC6)nc4s3)CC2)cc(C(F)(F)F)c1. The molecule has 0 bridgehead atoms. The van der Waals surface area contributed by atoms with Crippen molar-refractivity contribution in [1.29, 1.82) is 0 Å². The van der Waals surface area contributed by atoms with Crippen LogP contribution >= 0.6 is 11.3 Å². The summed E-state index contributed by atoms with van der Waals surface area (Å²) in [6.07, 6.45) is -2.87. The Hall–Kier alpha value is -3.91. The smallest absolute Gasteiger partial charge is 0.416 e. The number of carbonyl (C=O) groups excluding carboxylic acids is 1. The van der Waals surface area contributed by atoms with E-state index in [0.29, 0.717) is 35.8 Å². The number of fused-ring (bicyclic) bond motifs is 2. The average molecular weight is 651 g/mol. The standard InChI is InChI=1S/C33H33F3N6O3S/c34-33(35,36)25-12-19(11-23(14-25)31(44)45)18-42-9-7-41(8-10-42)6-5-20-15-26(20)29(43)40-32-39-28-4-3-27(38-30(28)46-32)21-1-2-22-16-37-17-24(22)13-21/h1-4,11-14,20,26,37H,5-10,15-18H2,(H,44,45)(H,39,40,43). The molecule has 3 aliphatic rings. The van der Waals surface area contributed by atoms with Gasteiger partial charge in [-0.3, -0.25) is 9.69 Å². The molecular formula is C33H33F3N6O3S. The van der Waals surface area contributed by atoms with Gasteiger partial charge in [-0.15, -0.1) is 0 Å². The Morgan fingerprint density at radius 3 is 2.54 bits per heavy atom. The number of aromatic nitrogens is 2. The van der Waals surface area contributed by atoms with E-state index >= 15 is 0 Å². The molecule has 46 heavy (non-hydrogen) atoms. The van der Waals surface area contributed by atoms with E-state index in [1.165, 1.54) is 28.5 Å². The molecule has 1 aliphatic carbocycles. The van der Waals surface area contributed by atoms with Crippen molar-refractivity contribution in [2.24, 2.45) is 11.8 Å². The lowest BCUT2D eigenvalue weighted by atomic mass is 10.0. The number of carbonyl (C=O) groups is 2. The van der Waals surface area contributed by atoms with Crippen LogP contribution in [-0.2, 0) is 30.6 Å². The second kappa shape index (κ2) is 12.4. The molecule has 4 aromatic rings. The third kappa shape index (κ3) is 6.77. The first-order valence-corrected chi connectivity index (χ1v) is 16.2. The van der Waals surface area contributed by atoms with E-state index in [1.54, 1.807) is 0 Å². The molecule has 9 nitrogen and oxygen atoms in total. The zero-order valence-electron chi connectivity index (χ0n) is 24.9. The van der Waals surface area contributed by atoms with Gasteiger partial charge in [0, 0.05) is 57.3 Å². The lowest BCUT2D eigenvalue weighted by Crippen LogP contribution is -2.46. The summed E-state index contributed by atoms with van der Waals surface area (Å²) >= 11 is 1.38. The minimum atomic E-state index is -4.60. The molecule has 2 aromatic heterocycles. The predicted octanol–water partition coefficient (Wildman–Crippen LogP) is 5.46. The Bertz CT molecular complexity index is 1800. The molecule has 1 saturated heterocycles. The van der Waals surface area contributed by atoms with Gasteiger partial charge in [-0.25, -0.2) is 14.8 Å². The molecular weight excluding hydrogens is 617 g/mol. The molecule has 0 spiro atoms. The fraction of sp³-hybridized carbons (Fsp3) is 0.394. The average Bonchev–Trinajstić information content (AvgIpc) is 3.46. The first kappa shape index (κ1) is 30.7. The van der Waals surface area contributed by atoms with Crippen molar-refractivity contribution in [3.05, 3.63) is 76.3 Å². The molecule has 3 N–H and O–H groups in total. The molecule has 2 atom stereocenters. The predicted molar refractivity (Wildman–Crippen MR) is 168 cm³/mol. The first-order valence-electron chi connectivity index (χ1n) is 15.4. The van der Waals surface area contributed by atoms with E-state index in [0.717, 1.165) is 73.2 Å². The highest BCUT2D eigenvalue weighted by Gasteiger charge is 2.43. The van der Waals surface area contributed by atoms with E-state index in [2.05, 4.69) is 38.7 Å². The Labute approximate surface area is 267 Å².